The Balaban J connectivity index is 2.19. The number of hydrogen-bond donors (Lipinski definition) is 1. The van der Waals surface area contributed by atoms with E-state index in [-0.39, 0.29) is 24.5 Å². The van der Waals surface area contributed by atoms with E-state index >= 15 is 0 Å². The third-order valence-corrected chi connectivity index (χ3v) is 4.25. The van der Waals surface area contributed by atoms with Crippen molar-refractivity contribution in [2.24, 2.45) is 0 Å². The van der Waals surface area contributed by atoms with Crippen molar-refractivity contribution in [1.82, 2.24) is 4.90 Å². The van der Waals surface area contributed by atoms with Gasteiger partial charge in [0.05, 0.1) is 17.7 Å². The fourth-order valence-corrected chi connectivity index (χ4v) is 3.13. The predicted molar refractivity (Wildman–Crippen MR) is 77.1 cm³/mol. The van der Waals surface area contributed by atoms with Crippen LogP contribution < -0.4 is 0 Å². The molecule has 0 radical (unpaired) electrons. The van der Waals surface area contributed by atoms with Gasteiger partial charge in [-0.1, -0.05) is 23.2 Å². The highest BCUT2D eigenvalue weighted by Crippen LogP contribution is 2.26. The molecule has 2 rings (SSSR count). The second-order valence-electron chi connectivity index (χ2n) is 4.88. The molecule has 1 heterocycles. The third kappa shape index (κ3) is 3.11. The second kappa shape index (κ2) is 6.23. The van der Waals surface area contributed by atoms with Crippen LogP contribution in [0.25, 0.3) is 0 Å². The van der Waals surface area contributed by atoms with E-state index in [4.69, 9.17) is 23.2 Å². The average Bonchev–Trinajstić information content (AvgIpc) is 2.85. The van der Waals surface area contributed by atoms with Gasteiger partial charge in [0.15, 0.2) is 5.78 Å². The molecule has 1 aromatic carbocycles. The topological polar surface area (TPSA) is 40.5 Å². The average molecular weight is 302 g/mol. The molecule has 0 spiro atoms. The summed E-state index contributed by atoms with van der Waals surface area (Å²) in [6.45, 7) is 2.79. The van der Waals surface area contributed by atoms with E-state index in [1.165, 1.54) is 0 Å². The number of likely N-dealkylation sites (tertiary alicyclic amines) is 1. The third-order valence-electron chi connectivity index (χ3n) is 3.71. The summed E-state index contributed by atoms with van der Waals surface area (Å²) in [5.74, 6) is -0.0259. The second-order valence-corrected chi connectivity index (χ2v) is 5.72. The normalized spacial score (nSPS) is 21.6. The van der Waals surface area contributed by atoms with Crippen LogP contribution in [-0.4, -0.2) is 41.0 Å². The number of Topliss-reactive ketones (excluding diaryl/α,β-unsaturated/α-hetero) is 1. The number of rotatable bonds is 4. The lowest BCUT2D eigenvalue weighted by Crippen LogP contribution is -2.43. The summed E-state index contributed by atoms with van der Waals surface area (Å²) in [6.07, 6.45) is 1.94. The highest BCUT2D eigenvalue weighted by Gasteiger charge is 2.32. The summed E-state index contributed by atoms with van der Waals surface area (Å²) >= 11 is 11.9. The first-order valence-electron chi connectivity index (χ1n) is 6.40. The summed E-state index contributed by atoms with van der Waals surface area (Å²) in [6, 6.07) is 4.70. The summed E-state index contributed by atoms with van der Waals surface area (Å²) in [5.41, 5.74) is 0.488. The Kier molecular flexibility index (Phi) is 4.85. The minimum Gasteiger partial charge on any atom is -0.395 e. The maximum Gasteiger partial charge on any atom is 0.181 e. The molecule has 1 fully saturated rings. The molecule has 1 N–H and O–H groups in total. The number of carbonyl (C=O) groups is 1. The SMILES string of the molecule is CC(C(=O)c1ccc(Cl)cc1Cl)N1CCCC1CO. The van der Waals surface area contributed by atoms with Gasteiger partial charge in [-0.05, 0) is 44.5 Å². The van der Waals surface area contributed by atoms with Gasteiger partial charge in [-0.2, -0.15) is 0 Å². The van der Waals surface area contributed by atoms with Gasteiger partial charge in [0.2, 0.25) is 0 Å². The van der Waals surface area contributed by atoms with Gasteiger partial charge >= 0.3 is 0 Å². The molecule has 19 heavy (non-hydrogen) atoms. The number of aliphatic hydroxyl groups is 1. The van der Waals surface area contributed by atoms with Gasteiger partial charge in [0.1, 0.15) is 0 Å². The van der Waals surface area contributed by atoms with Crippen LogP contribution in [0, 0.1) is 0 Å². The van der Waals surface area contributed by atoms with Crippen molar-refractivity contribution in [2.75, 3.05) is 13.2 Å². The number of aliphatic hydroxyl groups excluding tert-OH is 1. The largest absolute Gasteiger partial charge is 0.395 e. The minimum absolute atomic E-state index is 0.0259. The van der Waals surface area contributed by atoms with Gasteiger partial charge in [0.25, 0.3) is 0 Å². The first-order valence-corrected chi connectivity index (χ1v) is 7.16. The Morgan fingerprint density at radius 1 is 1.53 bits per heavy atom. The molecular weight excluding hydrogens is 285 g/mol. The monoisotopic (exact) mass is 301 g/mol. The molecule has 0 aliphatic carbocycles. The Morgan fingerprint density at radius 3 is 2.89 bits per heavy atom. The first-order chi connectivity index (χ1) is 9.04. The van der Waals surface area contributed by atoms with Crippen molar-refractivity contribution in [3.63, 3.8) is 0 Å². The molecule has 0 saturated carbocycles. The molecule has 2 atom stereocenters. The summed E-state index contributed by atoms with van der Waals surface area (Å²) < 4.78 is 0. The van der Waals surface area contributed by atoms with Crippen LogP contribution in [-0.2, 0) is 0 Å². The quantitative estimate of drug-likeness (QED) is 0.869. The Morgan fingerprint density at radius 2 is 2.26 bits per heavy atom. The molecule has 0 aromatic heterocycles. The maximum absolute atomic E-state index is 12.5. The van der Waals surface area contributed by atoms with Crippen LogP contribution in [0.15, 0.2) is 18.2 Å². The Bertz CT molecular complexity index is 479. The van der Waals surface area contributed by atoms with E-state index in [1.807, 2.05) is 11.8 Å². The smallest absolute Gasteiger partial charge is 0.181 e. The molecule has 1 aromatic rings. The van der Waals surface area contributed by atoms with Crippen molar-refractivity contribution >= 4 is 29.0 Å². The van der Waals surface area contributed by atoms with E-state index in [0.29, 0.717) is 15.6 Å². The number of carbonyl (C=O) groups excluding carboxylic acids is 1. The summed E-state index contributed by atoms with van der Waals surface area (Å²) in [4.78, 5) is 14.5. The van der Waals surface area contributed by atoms with Gasteiger partial charge in [-0.3, -0.25) is 9.69 Å². The summed E-state index contributed by atoms with van der Waals surface area (Å²) in [7, 11) is 0. The van der Waals surface area contributed by atoms with Crippen molar-refractivity contribution in [3.8, 4) is 0 Å². The van der Waals surface area contributed by atoms with Crippen LogP contribution in [0.1, 0.15) is 30.1 Å². The van der Waals surface area contributed by atoms with Crippen LogP contribution in [0.3, 0.4) is 0 Å². The fourth-order valence-electron chi connectivity index (χ4n) is 2.63. The van der Waals surface area contributed by atoms with E-state index in [0.717, 1.165) is 19.4 Å². The van der Waals surface area contributed by atoms with E-state index in [2.05, 4.69) is 0 Å². The lowest BCUT2D eigenvalue weighted by Gasteiger charge is -2.28. The molecule has 3 nitrogen and oxygen atoms in total. The van der Waals surface area contributed by atoms with Gasteiger partial charge < -0.3 is 5.11 Å². The lowest BCUT2D eigenvalue weighted by atomic mass is 10.0. The van der Waals surface area contributed by atoms with Crippen LogP contribution in [0.4, 0.5) is 0 Å². The highest BCUT2D eigenvalue weighted by atomic mass is 35.5. The van der Waals surface area contributed by atoms with E-state index < -0.39 is 0 Å². The van der Waals surface area contributed by atoms with Crippen molar-refractivity contribution < 1.29 is 9.90 Å². The van der Waals surface area contributed by atoms with Gasteiger partial charge in [-0.25, -0.2) is 0 Å². The zero-order valence-electron chi connectivity index (χ0n) is 10.8. The number of halogens is 2. The molecular formula is C14H17Cl2NO2. The zero-order chi connectivity index (χ0) is 14.0. The number of ketones is 1. The fraction of sp³-hybridized carbons (Fsp3) is 0.500. The van der Waals surface area contributed by atoms with E-state index in [1.54, 1.807) is 18.2 Å². The Labute approximate surface area is 123 Å². The zero-order valence-corrected chi connectivity index (χ0v) is 12.3. The highest BCUT2D eigenvalue weighted by molar-refractivity contribution is 6.37. The molecule has 1 aliphatic rings. The summed E-state index contributed by atoms with van der Waals surface area (Å²) in [5, 5.41) is 10.2. The van der Waals surface area contributed by atoms with Crippen LogP contribution in [0.2, 0.25) is 10.0 Å². The predicted octanol–water partition coefficient (Wildman–Crippen LogP) is 3.02. The molecule has 1 saturated heterocycles. The molecule has 0 bridgehead atoms. The molecule has 104 valence electrons. The van der Waals surface area contributed by atoms with Crippen molar-refractivity contribution in [3.05, 3.63) is 33.8 Å². The lowest BCUT2D eigenvalue weighted by molar-refractivity contribution is 0.0758. The van der Waals surface area contributed by atoms with Crippen molar-refractivity contribution in [2.45, 2.75) is 31.8 Å². The first kappa shape index (κ1) is 14.8. The maximum atomic E-state index is 12.5. The standard InChI is InChI=1S/C14H17Cl2NO2/c1-9(17-6-2-3-11(17)8-18)14(19)12-5-4-10(15)7-13(12)16/h4-5,7,9,11,18H,2-3,6,8H2,1H3. The Hall–Kier alpha value is -0.610. The minimum atomic E-state index is -0.279. The van der Waals surface area contributed by atoms with Crippen LogP contribution in [0.5, 0.6) is 0 Å². The van der Waals surface area contributed by atoms with Gasteiger partial charge in [0, 0.05) is 16.6 Å². The van der Waals surface area contributed by atoms with Crippen molar-refractivity contribution in [1.29, 1.82) is 0 Å². The molecule has 1 aliphatic heterocycles. The number of hydrogen-bond acceptors (Lipinski definition) is 3. The van der Waals surface area contributed by atoms with Gasteiger partial charge in [-0.15, -0.1) is 0 Å². The number of benzene rings is 1. The number of nitrogens with zero attached hydrogens (tertiary/aromatic N) is 1. The van der Waals surface area contributed by atoms with E-state index in [9.17, 15) is 9.90 Å². The molecule has 0 amide bonds. The van der Waals surface area contributed by atoms with Crippen LogP contribution >= 0.6 is 23.2 Å². The molecule has 5 heteroatoms. The molecule has 2 unspecified atom stereocenters.